The topological polar surface area (TPSA) is 38.3 Å². The molecule has 0 unspecified atom stereocenters. The van der Waals surface area contributed by atoms with Crippen LogP contribution in [-0.4, -0.2) is 25.7 Å². The first-order valence-corrected chi connectivity index (χ1v) is 8.78. The van der Waals surface area contributed by atoms with Gasteiger partial charge in [0.25, 0.3) is 0 Å². The molecule has 4 heteroatoms. The molecule has 0 bridgehead atoms. The summed E-state index contributed by atoms with van der Waals surface area (Å²) >= 11 is 0. The van der Waals surface area contributed by atoms with E-state index in [1.54, 1.807) is 0 Å². The minimum atomic E-state index is -0.221. The lowest BCUT2D eigenvalue weighted by Crippen LogP contribution is -2.44. The molecule has 1 aliphatic heterocycles. The molecule has 0 atom stereocenters. The molecular formula is C19H26FNO2. The number of ether oxygens (including phenoxy) is 1. The molecule has 1 saturated heterocycles. The first kappa shape index (κ1) is 16.4. The lowest BCUT2D eigenvalue weighted by Gasteiger charge is -2.38. The van der Waals surface area contributed by atoms with Crippen LogP contribution in [0, 0.1) is 11.7 Å². The van der Waals surface area contributed by atoms with E-state index in [4.69, 9.17) is 4.74 Å². The molecule has 0 aromatic heterocycles. The number of halogens is 1. The predicted molar refractivity (Wildman–Crippen MR) is 87.7 cm³/mol. The third-order valence-corrected chi connectivity index (χ3v) is 5.48. The number of amides is 1. The summed E-state index contributed by atoms with van der Waals surface area (Å²) in [6, 6.07) is 6.72. The molecule has 1 aliphatic carbocycles. The lowest BCUT2D eigenvalue weighted by atomic mass is 9.74. The molecule has 23 heavy (non-hydrogen) atoms. The summed E-state index contributed by atoms with van der Waals surface area (Å²) in [7, 11) is 0. The molecule has 1 N–H and O–H groups in total. The van der Waals surface area contributed by atoms with Crippen LogP contribution in [-0.2, 0) is 14.9 Å². The quantitative estimate of drug-likeness (QED) is 0.901. The monoisotopic (exact) mass is 319 g/mol. The van der Waals surface area contributed by atoms with Crippen LogP contribution >= 0.6 is 0 Å². The van der Waals surface area contributed by atoms with E-state index >= 15 is 0 Å². The molecule has 2 fully saturated rings. The fourth-order valence-electron chi connectivity index (χ4n) is 3.95. The highest BCUT2D eigenvalue weighted by Gasteiger charge is 2.35. The van der Waals surface area contributed by atoms with Gasteiger partial charge in [-0.1, -0.05) is 25.0 Å². The number of carbonyl (C=O) groups excluding carboxylic acids is 1. The van der Waals surface area contributed by atoms with Gasteiger partial charge >= 0.3 is 0 Å². The molecule has 3 nitrogen and oxygen atoms in total. The van der Waals surface area contributed by atoms with Crippen molar-refractivity contribution in [3.63, 3.8) is 0 Å². The second-order valence-electron chi connectivity index (χ2n) is 7.03. The van der Waals surface area contributed by atoms with Crippen LogP contribution in [0.1, 0.15) is 50.5 Å². The Hall–Kier alpha value is -1.42. The van der Waals surface area contributed by atoms with Crippen molar-refractivity contribution in [2.45, 2.75) is 50.4 Å². The average Bonchev–Trinajstić information content (AvgIpc) is 3.07. The van der Waals surface area contributed by atoms with Crippen molar-refractivity contribution >= 4 is 5.91 Å². The van der Waals surface area contributed by atoms with Gasteiger partial charge in [0.1, 0.15) is 5.82 Å². The first-order valence-electron chi connectivity index (χ1n) is 8.78. The third kappa shape index (κ3) is 4.11. The molecular weight excluding hydrogens is 293 g/mol. The number of hydrogen-bond acceptors (Lipinski definition) is 2. The second kappa shape index (κ2) is 7.43. The van der Waals surface area contributed by atoms with Gasteiger partial charge in [0.05, 0.1) is 0 Å². The molecule has 1 amide bonds. The van der Waals surface area contributed by atoms with E-state index in [1.807, 2.05) is 12.1 Å². The van der Waals surface area contributed by atoms with Crippen LogP contribution < -0.4 is 5.32 Å². The normalized spacial score (nSPS) is 21.3. The Kier molecular flexibility index (Phi) is 5.31. The smallest absolute Gasteiger partial charge is 0.220 e. The third-order valence-electron chi connectivity index (χ3n) is 5.48. The number of hydrogen-bond donors (Lipinski definition) is 1. The van der Waals surface area contributed by atoms with Crippen LogP contribution in [0.15, 0.2) is 24.3 Å². The van der Waals surface area contributed by atoms with Gasteiger partial charge in [-0.2, -0.15) is 0 Å². The highest BCUT2D eigenvalue weighted by molar-refractivity contribution is 5.76. The maximum absolute atomic E-state index is 13.2. The van der Waals surface area contributed by atoms with Crippen molar-refractivity contribution in [3.8, 4) is 0 Å². The summed E-state index contributed by atoms with van der Waals surface area (Å²) < 4.78 is 18.7. The summed E-state index contributed by atoms with van der Waals surface area (Å²) in [6.07, 6.45) is 7.26. The minimum Gasteiger partial charge on any atom is -0.381 e. The Morgan fingerprint density at radius 3 is 2.48 bits per heavy atom. The largest absolute Gasteiger partial charge is 0.381 e. The number of nitrogens with one attached hydrogen (secondary N) is 1. The highest BCUT2D eigenvalue weighted by atomic mass is 19.1. The SMILES string of the molecule is O=C(CC1CCCC1)NCC1(c2ccc(F)cc2)CCOCC1. The zero-order valence-corrected chi connectivity index (χ0v) is 13.7. The summed E-state index contributed by atoms with van der Waals surface area (Å²) in [5, 5.41) is 3.14. The van der Waals surface area contributed by atoms with Crippen LogP contribution in [0.5, 0.6) is 0 Å². The molecule has 2 aliphatic rings. The molecule has 1 aromatic carbocycles. The number of carbonyl (C=O) groups is 1. The Labute approximate surface area is 137 Å². The maximum atomic E-state index is 13.2. The van der Waals surface area contributed by atoms with E-state index in [2.05, 4.69) is 5.32 Å². The van der Waals surface area contributed by atoms with Crippen LogP contribution in [0.3, 0.4) is 0 Å². The highest BCUT2D eigenvalue weighted by Crippen LogP contribution is 2.34. The molecule has 0 radical (unpaired) electrons. The fourth-order valence-corrected chi connectivity index (χ4v) is 3.95. The van der Waals surface area contributed by atoms with Crippen molar-refractivity contribution in [1.29, 1.82) is 0 Å². The predicted octanol–water partition coefficient (Wildman–Crippen LogP) is 3.57. The van der Waals surface area contributed by atoms with Gasteiger partial charge in [-0.15, -0.1) is 0 Å². The molecule has 1 heterocycles. The Bertz CT molecular complexity index is 517. The van der Waals surface area contributed by atoms with E-state index in [1.165, 1.54) is 37.8 Å². The van der Waals surface area contributed by atoms with Crippen LogP contribution in [0.2, 0.25) is 0 Å². The summed E-state index contributed by atoms with van der Waals surface area (Å²) in [5.74, 6) is 0.498. The van der Waals surface area contributed by atoms with Crippen molar-refractivity contribution in [2.24, 2.45) is 5.92 Å². The molecule has 0 spiro atoms. The average molecular weight is 319 g/mol. The number of benzene rings is 1. The fraction of sp³-hybridized carbons (Fsp3) is 0.632. The van der Waals surface area contributed by atoms with Crippen molar-refractivity contribution in [3.05, 3.63) is 35.6 Å². The molecule has 1 saturated carbocycles. The lowest BCUT2D eigenvalue weighted by molar-refractivity contribution is -0.122. The molecule has 3 rings (SSSR count). The minimum absolute atomic E-state index is 0.128. The van der Waals surface area contributed by atoms with Gasteiger partial charge in [0.15, 0.2) is 0 Å². The molecule has 1 aromatic rings. The summed E-state index contributed by atoms with van der Waals surface area (Å²) in [4.78, 5) is 12.3. The van der Waals surface area contributed by atoms with Crippen LogP contribution in [0.4, 0.5) is 4.39 Å². The van der Waals surface area contributed by atoms with Gasteiger partial charge in [0, 0.05) is 31.6 Å². The Morgan fingerprint density at radius 1 is 1.17 bits per heavy atom. The van der Waals surface area contributed by atoms with Crippen molar-refractivity contribution < 1.29 is 13.9 Å². The second-order valence-corrected chi connectivity index (χ2v) is 7.03. The van der Waals surface area contributed by atoms with Crippen LogP contribution in [0.25, 0.3) is 0 Å². The van der Waals surface area contributed by atoms with Crippen molar-refractivity contribution in [2.75, 3.05) is 19.8 Å². The zero-order chi connectivity index (χ0) is 16.1. The van der Waals surface area contributed by atoms with E-state index < -0.39 is 0 Å². The van der Waals surface area contributed by atoms with E-state index in [9.17, 15) is 9.18 Å². The van der Waals surface area contributed by atoms with E-state index in [-0.39, 0.29) is 17.1 Å². The molecule has 126 valence electrons. The van der Waals surface area contributed by atoms with Gasteiger partial charge < -0.3 is 10.1 Å². The van der Waals surface area contributed by atoms with E-state index in [0.717, 1.165) is 18.4 Å². The van der Waals surface area contributed by atoms with Gasteiger partial charge in [-0.05, 0) is 49.3 Å². The van der Waals surface area contributed by atoms with Gasteiger partial charge in [-0.3, -0.25) is 4.79 Å². The Morgan fingerprint density at radius 2 is 1.83 bits per heavy atom. The van der Waals surface area contributed by atoms with Gasteiger partial charge in [-0.25, -0.2) is 4.39 Å². The maximum Gasteiger partial charge on any atom is 0.220 e. The van der Waals surface area contributed by atoms with Gasteiger partial charge in [0.2, 0.25) is 5.91 Å². The number of rotatable bonds is 5. The van der Waals surface area contributed by atoms with Crippen molar-refractivity contribution in [1.82, 2.24) is 5.32 Å². The van der Waals surface area contributed by atoms with E-state index in [0.29, 0.717) is 32.1 Å². The summed E-state index contributed by atoms with van der Waals surface area (Å²) in [6.45, 7) is 2.00. The zero-order valence-electron chi connectivity index (χ0n) is 13.7. The summed E-state index contributed by atoms with van der Waals surface area (Å²) in [5.41, 5.74) is 0.973. The standard InChI is InChI=1S/C19H26FNO2/c20-17-7-5-16(6-8-17)19(9-11-23-12-10-19)14-21-18(22)13-15-3-1-2-4-15/h5-8,15H,1-4,9-14H2,(H,21,22). The Balaban J connectivity index is 1.64. The first-order chi connectivity index (χ1) is 11.2.